The largest absolute Gasteiger partial charge is 0.495 e. The highest BCUT2D eigenvalue weighted by molar-refractivity contribution is 7.18. The Morgan fingerprint density at radius 3 is 2.79 bits per heavy atom. The van der Waals surface area contributed by atoms with Crippen molar-refractivity contribution in [1.82, 2.24) is 4.98 Å². The van der Waals surface area contributed by atoms with E-state index < -0.39 is 4.92 Å². The Balaban J connectivity index is 1.70. The first-order chi connectivity index (χ1) is 13.4. The molecule has 0 bridgehead atoms. The fraction of sp³-hybridized carbons (Fsp3) is 0.263. The summed E-state index contributed by atoms with van der Waals surface area (Å²) in [5.74, 6) is 0.111. The molecule has 8 nitrogen and oxygen atoms in total. The van der Waals surface area contributed by atoms with Gasteiger partial charge in [-0.2, -0.15) is 0 Å². The molecule has 0 aliphatic rings. The number of fused-ring (bicyclic) bond motifs is 1. The summed E-state index contributed by atoms with van der Waals surface area (Å²) in [5, 5.41) is 14.7. The molecule has 2 atom stereocenters. The van der Waals surface area contributed by atoms with Crippen LogP contribution in [0.25, 0.3) is 10.2 Å². The van der Waals surface area contributed by atoms with Crippen molar-refractivity contribution >= 4 is 38.8 Å². The lowest BCUT2D eigenvalue weighted by atomic mass is 10.2. The van der Waals surface area contributed by atoms with Gasteiger partial charge in [-0.05, 0) is 25.1 Å². The van der Waals surface area contributed by atoms with Crippen molar-refractivity contribution in [2.45, 2.75) is 13.0 Å². The number of nitro benzene ring substituents is 1. The Labute approximate surface area is 165 Å². The zero-order chi connectivity index (χ0) is 20.3. The number of nitro groups is 1. The number of quaternary nitrogens is 1. The van der Waals surface area contributed by atoms with Gasteiger partial charge in [0.15, 0.2) is 11.6 Å². The molecule has 9 heteroatoms. The third-order valence-corrected chi connectivity index (χ3v) is 5.75. The number of likely N-dealkylation sites (N-methyl/N-ethyl adjacent to an activating group) is 1. The van der Waals surface area contributed by atoms with Gasteiger partial charge in [0.2, 0.25) is 0 Å². The van der Waals surface area contributed by atoms with E-state index in [2.05, 4.69) is 10.3 Å². The predicted molar refractivity (Wildman–Crippen MR) is 108 cm³/mol. The zero-order valence-electron chi connectivity index (χ0n) is 15.8. The smallest absolute Gasteiger partial charge is 0.279 e. The Bertz CT molecular complexity index is 987. The summed E-state index contributed by atoms with van der Waals surface area (Å²) in [5.41, 5.74) is 1.12. The second-order valence-corrected chi connectivity index (χ2v) is 7.52. The van der Waals surface area contributed by atoms with E-state index in [1.54, 1.807) is 11.3 Å². The average Bonchev–Trinajstić information content (AvgIpc) is 3.11. The molecule has 2 N–H and O–H groups in total. The van der Waals surface area contributed by atoms with Gasteiger partial charge in [0, 0.05) is 12.1 Å². The molecule has 3 aromatic rings. The summed E-state index contributed by atoms with van der Waals surface area (Å²) in [7, 11) is 3.37. The van der Waals surface area contributed by atoms with Crippen LogP contribution in [0.4, 0.5) is 11.4 Å². The lowest BCUT2D eigenvalue weighted by Gasteiger charge is -2.19. The van der Waals surface area contributed by atoms with Crippen LogP contribution in [0.15, 0.2) is 42.5 Å². The first-order valence-corrected chi connectivity index (χ1v) is 9.50. The molecule has 0 spiro atoms. The minimum atomic E-state index is -0.512. The van der Waals surface area contributed by atoms with Gasteiger partial charge in [0.05, 0.1) is 35.0 Å². The molecular weight excluding hydrogens is 380 g/mol. The highest BCUT2D eigenvalue weighted by Crippen LogP contribution is 2.29. The van der Waals surface area contributed by atoms with Crippen molar-refractivity contribution < 1.29 is 19.4 Å². The lowest BCUT2D eigenvalue weighted by molar-refractivity contribution is -0.902. The van der Waals surface area contributed by atoms with Gasteiger partial charge in [-0.15, -0.1) is 11.3 Å². The summed E-state index contributed by atoms with van der Waals surface area (Å²) in [6.45, 7) is 2.21. The Hall–Kier alpha value is -3.04. The number of anilines is 1. The van der Waals surface area contributed by atoms with Crippen molar-refractivity contribution in [3.05, 3.63) is 57.6 Å². The number of nitrogens with zero attached hydrogens (tertiary/aromatic N) is 2. The summed E-state index contributed by atoms with van der Waals surface area (Å²) in [6.07, 6.45) is 0. The molecule has 0 aliphatic carbocycles. The molecular formula is C19H21N4O4S+. The summed E-state index contributed by atoms with van der Waals surface area (Å²) >= 11 is 1.62. The fourth-order valence-electron chi connectivity index (χ4n) is 2.79. The van der Waals surface area contributed by atoms with Crippen molar-refractivity contribution in [3.63, 3.8) is 0 Å². The molecule has 1 heterocycles. The van der Waals surface area contributed by atoms with Crippen LogP contribution in [0.2, 0.25) is 0 Å². The number of carbonyl (C=O) groups excluding carboxylic acids is 1. The molecule has 0 radical (unpaired) electrons. The number of carbonyl (C=O) groups is 1. The number of benzene rings is 2. The van der Waals surface area contributed by atoms with E-state index in [0.29, 0.717) is 5.75 Å². The van der Waals surface area contributed by atoms with E-state index in [4.69, 9.17) is 4.74 Å². The first kappa shape index (κ1) is 19.7. The molecule has 2 aromatic carbocycles. The van der Waals surface area contributed by atoms with Crippen LogP contribution in [-0.2, 0) is 4.79 Å². The third kappa shape index (κ3) is 4.26. The maximum atomic E-state index is 12.5. The highest BCUT2D eigenvalue weighted by Gasteiger charge is 2.23. The van der Waals surface area contributed by atoms with E-state index in [1.807, 2.05) is 38.2 Å². The van der Waals surface area contributed by atoms with Crippen LogP contribution in [-0.4, -0.2) is 36.5 Å². The second-order valence-electron chi connectivity index (χ2n) is 6.45. The van der Waals surface area contributed by atoms with Gasteiger partial charge < -0.3 is 15.0 Å². The van der Waals surface area contributed by atoms with Crippen LogP contribution in [0.5, 0.6) is 5.75 Å². The summed E-state index contributed by atoms with van der Waals surface area (Å²) in [4.78, 5) is 28.6. The van der Waals surface area contributed by atoms with Crippen LogP contribution in [0.3, 0.4) is 0 Å². The quantitative estimate of drug-likeness (QED) is 0.468. The standard InChI is InChI=1S/C19H20N4O4S/c1-12(19-21-14-6-4-5-7-17(14)28-19)22(2)11-18(24)20-15-10-13(23(25)26)8-9-16(15)27-3/h4-10,12H,11H2,1-3H3,(H,20,24)/p+1/t12-/m1/s1. The fourth-order valence-corrected chi connectivity index (χ4v) is 3.91. The highest BCUT2D eigenvalue weighted by atomic mass is 32.1. The molecule has 1 amide bonds. The van der Waals surface area contributed by atoms with Gasteiger partial charge in [-0.1, -0.05) is 12.1 Å². The maximum Gasteiger partial charge on any atom is 0.279 e. The molecule has 3 rings (SSSR count). The average molecular weight is 401 g/mol. The number of ether oxygens (including phenoxy) is 1. The van der Waals surface area contributed by atoms with E-state index in [9.17, 15) is 14.9 Å². The number of amides is 1. The zero-order valence-corrected chi connectivity index (χ0v) is 16.6. The predicted octanol–water partition coefficient (Wildman–Crippen LogP) is 2.43. The van der Waals surface area contributed by atoms with Gasteiger partial charge in [-0.25, -0.2) is 4.98 Å². The minimum absolute atomic E-state index is 0.0233. The molecule has 146 valence electrons. The molecule has 0 saturated carbocycles. The van der Waals surface area contributed by atoms with Gasteiger partial charge >= 0.3 is 0 Å². The van der Waals surface area contributed by atoms with Gasteiger partial charge in [0.1, 0.15) is 11.8 Å². The number of aromatic nitrogens is 1. The molecule has 0 saturated heterocycles. The number of rotatable bonds is 7. The summed E-state index contributed by atoms with van der Waals surface area (Å²) in [6, 6.07) is 12.0. The molecule has 0 aliphatic heterocycles. The van der Waals surface area contributed by atoms with E-state index >= 15 is 0 Å². The number of nitrogens with one attached hydrogen (secondary N) is 2. The van der Waals surface area contributed by atoms with Gasteiger partial charge in [0.25, 0.3) is 11.6 Å². The Morgan fingerprint density at radius 2 is 2.11 bits per heavy atom. The third-order valence-electron chi connectivity index (χ3n) is 4.53. The van der Waals surface area contributed by atoms with Crippen molar-refractivity contribution in [2.75, 3.05) is 26.0 Å². The van der Waals surface area contributed by atoms with Crippen LogP contribution < -0.4 is 15.0 Å². The molecule has 1 aromatic heterocycles. The monoisotopic (exact) mass is 401 g/mol. The number of hydrogen-bond acceptors (Lipinski definition) is 6. The SMILES string of the molecule is COc1ccc([N+](=O)[O-])cc1NC(=O)C[NH+](C)[C@H](C)c1nc2ccccc2s1. The lowest BCUT2D eigenvalue weighted by Crippen LogP contribution is -3.10. The van der Waals surface area contributed by atoms with Crippen molar-refractivity contribution in [1.29, 1.82) is 0 Å². The van der Waals surface area contributed by atoms with Gasteiger partial charge in [-0.3, -0.25) is 14.9 Å². The number of hydrogen-bond donors (Lipinski definition) is 2. The van der Waals surface area contributed by atoms with E-state index in [0.717, 1.165) is 20.1 Å². The molecule has 1 unspecified atom stereocenters. The van der Waals surface area contributed by atoms with Crippen LogP contribution in [0.1, 0.15) is 18.0 Å². The normalized spacial score (nSPS) is 13.1. The van der Waals surface area contributed by atoms with Crippen LogP contribution in [0, 0.1) is 10.1 Å². The van der Waals surface area contributed by atoms with Crippen LogP contribution >= 0.6 is 11.3 Å². The Morgan fingerprint density at radius 1 is 1.36 bits per heavy atom. The number of para-hydroxylation sites is 1. The van der Waals surface area contributed by atoms with E-state index in [1.165, 1.54) is 25.3 Å². The van der Waals surface area contributed by atoms with E-state index in [-0.39, 0.29) is 29.9 Å². The minimum Gasteiger partial charge on any atom is -0.495 e. The number of thiazole rings is 1. The first-order valence-electron chi connectivity index (χ1n) is 8.69. The summed E-state index contributed by atoms with van der Waals surface area (Å²) < 4.78 is 6.30. The number of methoxy groups -OCH3 is 1. The van der Waals surface area contributed by atoms with Crippen molar-refractivity contribution in [3.8, 4) is 5.75 Å². The molecule has 0 fully saturated rings. The maximum absolute atomic E-state index is 12.5. The Kier molecular flexibility index (Phi) is 5.86. The van der Waals surface area contributed by atoms with Crippen molar-refractivity contribution in [2.24, 2.45) is 0 Å². The topological polar surface area (TPSA) is 98.8 Å². The molecule has 28 heavy (non-hydrogen) atoms. The number of non-ortho nitro benzene ring substituents is 1. The second kappa shape index (κ2) is 8.32.